The van der Waals surface area contributed by atoms with E-state index in [1.54, 1.807) is 12.1 Å². The van der Waals surface area contributed by atoms with E-state index in [4.69, 9.17) is 9.47 Å². The van der Waals surface area contributed by atoms with E-state index in [-0.39, 0.29) is 10.9 Å². The fourth-order valence-corrected chi connectivity index (χ4v) is 3.89. The maximum absolute atomic E-state index is 12.9. The zero-order valence-electron chi connectivity index (χ0n) is 14.8. The molecule has 0 bridgehead atoms. The van der Waals surface area contributed by atoms with Crippen molar-refractivity contribution in [2.45, 2.75) is 44.7 Å². The van der Waals surface area contributed by atoms with Gasteiger partial charge in [-0.15, -0.1) is 0 Å². The molecule has 0 amide bonds. The molecule has 7 heteroatoms. The van der Waals surface area contributed by atoms with E-state index in [1.165, 1.54) is 24.6 Å². The minimum absolute atomic E-state index is 0.137. The fraction of sp³-hybridized carbons (Fsp3) is 0.625. The standard InChI is InChI=1S/C16H28N2O4S/c1-12(2)17-9-10-18(13(3)4)23(19,20)14-7-8-15(21-5)16(11-14)22-6/h7-8,11-13,17H,9-10H2,1-6H3. The molecule has 0 heterocycles. The van der Waals surface area contributed by atoms with E-state index in [0.717, 1.165) is 0 Å². The Morgan fingerprint density at radius 3 is 2.17 bits per heavy atom. The van der Waals surface area contributed by atoms with E-state index in [2.05, 4.69) is 5.32 Å². The van der Waals surface area contributed by atoms with Gasteiger partial charge in [0.05, 0.1) is 19.1 Å². The van der Waals surface area contributed by atoms with Gasteiger partial charge in [0.1, 0.15) is 0 Å². The van der Waals surface area contributed by atoms with Crippen LogP contribution < -0.4 is 14.8 Å². The lowest BCUT2D eigenvalue weighted by atomic mass is 10.3. The first-order valence-electron chi connectivity index (χ1n) is 7.71. The number of hydrogen-bond donors (Lipinski definition) is 1. The summed E-state index contributed by atoms with van der Waals surface area (Å²) in [7, 11) is -0.593. The van der Waals surface area contributed by atoms with Gasteiger partial charge in [-0.25, -0.2) is 8.42 Å². The van der Waals surface area contributed by atoms with Gasteiger partial charge in [0, 0.05) is 31.2 Å². The number of nitrogens with one attached hydrogen (secondary N) is 1. The summed E-state index contributed by atoms with van der Waals surface area (Å²) < 4.78 is 37.7. The summed E-state index contributed by atoms with van der Waals surface area (Å²) in [6.07, 6.45) is 0. The normalized spacial score (nSPS) is 12.2. The molecule has 0 spiro atoms. The number of hydrogen-bond acceptors (Lipinski definition) is 5. The molecule has 0 saturated carbocycles. The van der Waals surface area contributed by atoms with E-state index < -0.39 is 10.0 Å². The molecule has 1 aromatic carbocycles. The number of nitrogens with zero attached hydrogens (tertiary/aromatic N) is 1. The first-order valence-corrected chi connectivity index (χ1v) is 9.15. The van der Waals surface area contributed by atoms with Gasteiger partial charge in [-0.3, -0.25) is 0 Å². The molecule has 23 heavy (non-hydrogen) atoms. The molecule has 1 N–H and O–H groups in total. The summed E-state index contributed by atoms with van der Waals surface area (Å²) in [5, 5.41) is 3.24. The van der Waals surface area contributed by atoms with E-state index in [1.807, 2.05) is 27.7 Å². The molecule has 0 aliphatic heterocycles. The molecule has 0 aliphatic carbocycles. The van der Waals surface area contributed by atoms with Crippen molar-refractivity contribution in [3.05, 3.63) is 18.2 Å². The fourth-order valence-electron chi connectivity index (χ4n) is 2.23. The van der Waals surface area contributed by atoms with Crippen LogP contribution in [0.5, 0.6) is 11.5 Å². The highest BCUT2D eigenvalue weighted by Gasteiger charge is 2.27. The van der Waals surface area contributed by atoms with Gasteiger partial charge in [-0.2, -0.15) is 4.31 Å². The molecule has 132 valence electrons. The van der Waals surface area contributed by atoms with Crippen LogP contribution in [0.3, 0.4) is 0 Å². The Bertz CT molecular complexity index is 600. The van der Waals surface area contributed by atoms with Crippen LogP contribution in [-0.2, 0) is 10.0 Å². The molecule has 1 aromatic rings. The van der Waals surface area contributed by atoms with Crippen molar-refractivity contribution in [2.75, 3.05) is 27.3 Å². The Morgan fingerprint density at radius 1 is 1.09 bits per heavy atom. The summed E-state index contributed by atoms with van der Waals surface area (Å²) in [5.41, 5.74) is 0. The molecule has 0 aromatic heterocycles. The highest BCUT2D eigenvalue weighted by atomic mass is 32.2. The maximum Gasteiger partial charge on any atom is 0.243 e. The number of sulfonamides is 1. The third kappa shape index (κ3) is 5.09. The van der Waals surface area contributed by atoms with Gasteiger partial charge in [-0.05, 0) is 26.0 Å². The van der Waals surface area contributed by atoms with Crippen LogP contribution in [0.2, 0.25) is 0 Å². The van der Waals surface area contributed by atoms with Crippen LogP contribution in [0.25, 0.3) is 0 Å². The zero-order chi connectivity index (χ0) is 17.6. The topological polar surface area (TPSA) is 67.9 Å². The quantitative estimate of drug-likeness (QED) is 0.743. The first-order chi connectivity index (χ1) is 10.7. The van der Waals surface area contributed by atoms with E-state index >= 15 is 0 Å². The molecule has 0 unspecified atom stereocenters. The van der Waals surface area contributed by atoms with Crippen molar-refractivity contribution in [1.82, 2.24) is 9.62 Å². The molecule has 6 nitrogen and oxygen atoms in total. The Labute approximate surface area is 139 Å². The predicted octanol–water partition coefficient (Wildman–Crippen LogP) is 2.10. The average Bonchev–Trinajstić information content (AvgIpc) is 2.49. The van der Waals surface area contributed by atoms with Crippen LogP contribution >= 0.6 is 0 Å². The summed E-state index contributed by atoms with van der Waals surface area (Å²) in [6.45, 7) is 8.81. The Hall–Kier alpha value is -1.31. The van der Waals surface area contributed by atoms with Crippen molar-refractivity contribution in [3.8, 4) is 11.5 Å². The van der Waals surface area contributed by atoms with Gasteiger partial charge in [0.15, 0.2) is 11.5 Å². The van der Waals surface area contributed by atoms with Crippen molar-refractivity contribution in [3.63, 3.8) is 0 Å². The summed E-state index contributed by atoms with van der Waals surface area (Å²) in [4.78, 5) is 0.202. The Morgan fingerprint density at radius 2 is 1.70 bits per heavy atom. The van der Waals surface area contributed by atoms with Crippen molar-refractivity contribution in [1.29, 1.82) is 0 Å². The van der Waals surface area contributed by atoms with Gasteiger partial charge in [0.25, 0.3) is 0 Å². The maximum atomic E-state index is 12.9. The third-order valence-corrected chi connectivity index (χ3v) is 5.49. The smallest absolute Gasteiger partial charge is 0.243 e. The van der Waals surface area contributed by atoms with Crippen LogP contribution in [0.1, 0.15) is 27.7 Å². The highest BCUT2D eigenvalue weighted by Crippen LogP contribution is 2.31. The summed E-state index contributed by atoms with van der Waals surface area (Å²) in [5.74, 6) is 0.904. The molecule has 0 radical (unpaired) electrons. The molecular formula is C16H28N2O4S. The van der Waals surface area contributed by atoms with E-state index in [9.17, 15) is 8.42 Å². The number of rotatable bonds is 9. The minimum atomic E-state index is -3.60. The van der Waals surface area contributed by atoms with Crippen molar-refractivity contribution in [2.24, 2.45) is 0 Å². The Balaban J connectivity index is 3.10. The highest BCUT2D eigenvalue weighted by molar-refractivity contribution is 7.89. The van der Waals surface area contributed by atoms with Crippen molar-refractivity contribution >= 4 is 10.0 Å². The molecule has 0 atom stereocenters. The van der Waals surface area contributed by atoms with Crippen LogP contribution in [0.4, 0.5) is 0 Å². The number of methoxy groups -OCH3 is 2. The van der Waals surface area contributed by atoms with Crippen LogP contribution in [0.15, 0.2) is 23.1 Å². The second kappa shape index (κ2) is 8.52. The molecular weight excluding hydrogens is 316 g/mol. The lowest BCUT2D eigenvalue weighted by Gasteiger charge is -2.26. The number of ether oxygens (including phenoxy) is 2. The molecule has 0 aliphatic rings. The van der Waals surface area contributed by atoms with Crippen LogP contribution in [0, 0.1) is 0 Å². The summed E-state index contributed by atoms with van der Waals surface area (Å²) >= 11 is 0. The second-order valence-corrected chi connectivity index (χ2v) is 7.73. The molecule has 1 rings (SSSR count). The van der Waals surface area contributed by atoms with Gasteiger partial charge in [0.2, 0.25) is 10.0 Å². The van der Waals surface area contributed by atoms with E-state index in [0.29, 0.717) is 30.6 Å². The molecule has 0 fully saturated rings. The molecule has 0 saturated heterocycles. The van der Waals surface area contributed by atoms with Gasteiger partial charge < -0.3 is 14.8 Å². The van der Waals surface area contributed by atoms with Crippen molar-refractivity contribution < 1.29 is 17.9 Å². The lowest BCUT2D eigenvalue weighted by molar-refractivity contribution is 0.343. The number of benzene rings is 1. The predicted molar refractivity (Wildman–Crippen MR) is 91.7 cm³/mol. The van der Waals surface area contributed by atoms with Crippen LogP contribution in [-0.4, -0.2) is 52.1 Å². The van der Waals surface area contributed by atoms with Gasteiger partial charge >= 0.3 is 0 Å². The SMILES string of the molecule is COc1ccc(S(=O)(=O)N(CCNC(C)C)C(C)C)cc1OC. The largest absolute Gasteiger partial charge is 0.493 e. The summed E-state index contributed by atoms with van der Waals surface area (Å²) in [6, 6.07) is 4.83. The Kier molecular flexibility index (Phi) is 7.31. The lowest BCUT2D eigenvalue weighted by Crippen LogP contribution is -2.42. The zero-order valence-corrected chi connectivity index (χ0v) is 15.6. The first kappa shape index (κ1) is 19.7. The second-order valence-electron chi connectivity index (χ2n) is 5.84. The monoisotopic (exact) mass is 344 g/mol. The minimum Gasteiger partial charge on any atom is -0.493 e. The third-order valence-electron chi connectivity index (χ3n) is 3.42. The van der Waals surface area contributed by atoms with Gasteiger partial charge in [-0.1, -0.05) is 13.8 Å². The average molecular weight is 344 g/mol.